The summed E-state index contributed by atoms with van der Waals surface area (Å²) in [5, 5.41) is 0. The van der Waals surface area contributed by atoms with Crippen molar-refractivity contribution in [3.05, 3.63) is 89.7 Å². The first-order valence-electron chi connectivity index (χ1n) is 13.3. The number of carbonyl (C=O) groups is 1. The van der Waals surface area contributed by atoms with Gasteiger partial charge in [-0.25, -0.2) is 8.78 Å². The molecule has 1 atom stereocenters. The number of hydrogen-bond donors (Lipinski definition) is 3. The molecule has 0 spiro atoms. The van der Waals surface area contributed by atoms with E-state index in [4.69, 9.17) is 17.2 Å². The molecule has 1 aromatic carbocycles. The lowest BCUT2D eigenvalue weighted by Crippen LogP contribution is -2.31. The average Bonchev–Trinajstić information content (AvgIpc) is 2.88. The van der Waals surface area contributed by atoms with E-state index in [9.17, 15) is 13.6 Å². The van der Waals surface area contributed by atoms with Gasteiger partial charge in [-0.1, -0.05) is 65.0 Å². The van der Waals surface area contributed by atoms with E-state index in [1.54, 1.807) is 25.2 Å². The van der Waals surface area contributed by atoms with Crippen LogP contribution in [-0.2, 0) is 4.79 Å². The summed E-state index contributed by atoms with van der Waals surface area (Å²) in [6, 6.07) is 3.74. The number of halogens is 2. The normalized spacial score (nSPS) is 14.5. The zero-order valence-corrected chi connectivity index (χ0v) is 24.9. The van der Waals surface area contributed by atoms with Crippen LogP contribution in [0.5, 0.6) is 0 Å². The molecule has 0 bridgehead atoms. The van der Waals surface area contributed by atoms with E-state index in [1.807, 2.05) is 34.6 Å². The van der Waals surface area contributed by atoms with E-state index in [2.05, 4.69) is 32.0 Å². The Morgan fingerprint density at radius 2 is 1.63 bits per heavy atom. The molecule has 38 heavy (non-hydrogen) atoms. The summed E-state index contributed by atoms with van der Waals surface area (Å²) in [5.41, 5.74) is 19.4. The Kier molecular flexibility index (Phi) is 25.0. The number of nitrogens with two attached hydrogens (primary N) is 3. The van der Waals surface area contributed by atoms with Gasteiger partial charge in [0.1, 0.15) is 11.6 Å². The number of amides is 1. The van der Waals surface area contributed by atoms with E-state index in [-0.39, 0.29) is 17.2 Å². The predicted molar refractivity (Wildman–Crippen MR) is 162 cm³/mol. The van der Waals surface area contributed by atoms with E-state index in [0.717, 1.165) is 49.2 Å². The first kappa shape index (κ1) is 39.3. The second kappa shape index (κ2) is 24.2. The molecule has 0 heterocycles. The maximum Gasteiger partial charge on any atom is 0.241 e. The molecule has 0 saturated carbocycles. The quantitative estimate of drug-likeness (QED) is 0.198. The van der Waals surface area contributed by atoms with Crippen LogP contribution in [0.3, 0.4) is 0 Å². The highest BCUT2D eigenvalue weighted by molar-refractivity contribution is 5.86. The van der Waals surface area contributed by atoms with Crippen molar-refractivity contribution in [2.24, 2.45) is 23.1 Å². The van der Waals surface area contributed by atoms with Gasteiger partial charge in [0.2, 0.25) is 5.91 Å². The van der Waals surface area contributed by atoms with E-state index in [1.165, 1.54) is 24.3 Å². The minimum Gasteiger partial charge on any atom is -0.402 e. The second-order valence-electron chi connectivity index (χ2n) is 8.11. The number of carbonyl (C=O) groups excluding carboxylic acids is 1. The molecule has 1 aliphatic carbocycles. The van der Waals surface area contributed by atoms with Crippen LogP contribution < -0.4 is 17.2 Å². The van der Waals surface area contributed by atoms with Crippen LogP contribution in [0.2, 0.25) is 0 Å². The van der Waals surface area contributed by atoms with Crippen molar-refractivity contribution in [3.63, 3.8) is 0 Å². The molecule has 1 aliphatic rings. The van der Waals surface area contributed by atoms with Crippen LogP contribution in [0.1, 0.15) is 73.3 Å². The average molecular weight is 535 g/mol. The second-order valence-corrected chi connectivity index (χ2v) is 8.11. The fourth-order valence-corrected chi connectivity index (χ4v) is 3.21. The number of primary amides is 1. The maximum absolute atomic E-state index is 13.8. The monoisotopic (exact) mass is 534 g/mol. The molecular weight excluding hydrogens is 482 g/mol. The minimum atomic E-state index is -0.656. The summed E-state index contributed by atoms with van der Waals surface area (Å²) in [4.78, 5) is 12.2. The van der Waals surface area contributed by atoms with Gasteiger partial charge in [-0.15, -0.1) is 6.58 Å². The Balaban J connectivity index is -0.000000681. The van der Waals surface area contributed by atoms with Gasteiger partial charge in [0, 0.05) is 29.9 Å². The molecule has 1 amide bonds. The molecule has 2 rings (SSSR count). The van der Waals surface area contributed by atoms with Gasteiger partial charge in [0.15, 0.2) is 0 Å². The Morgan fingerprint density at radius 1 is 1.13 bits per heavy atom. The summed E-state index contributed by atoms with van der Waals surface area (Å²) >= 11 is 0. The molecule has 1 unspecified atom stereocenters. The van der Waals surface area contributed by atoms with Gasteiger partial charge in [0.25, 0.3) is 0 Å². The third kappa shape index (κ3) is 17.3. The van der Waals surface area contributed by atoms with E-state index < -0.39 is 17.5 Å². The summed E-state index contributed by atoms with van der Waals surface area (Å²) in [7, 11) is 2.06. The number of nitrogens with zero attached hydrogens (tertiary/aromatic N) is 1. The molecule has 0 radical (unpaired) electrons. The lowest BCUT2D eigenvalue weighted by atomic mass is 9.86. The van der Waals surface area contributed by atoms with Crippen LogP contribution in [0.15, 0.2) is 72.5 Å². The maximum atomic E-state index is 13.8. The summed E-state index contributed by atoms with van der Waals surface area (Å²) < 4.78 is 27.7. The number of benzene rings is 1. The number of allylic oxidation sites excluding steroid dienone is 5. The van der Waals surface area contributed by atoms with Crippen molar-refractivity contribution in [1.82, 2.24) is 4.90 Å². The highest BCUT2D eigenvalue weighted by Crippen LogP contribution is 2.30. The van der Waals surface area contributed by atoms with Crippen LogP contribution in [0.4, 0.5) is 8.78 Å². The van der Waals surface area contributed by atoms with Crippen LogP contribution in [-0.4, -0.2) is 30.9 Å². The van der Waals surface area contributed by atoms with Crippen LogP contribution in [0.25, 0.3) is 5.70 Å². The SMILES string of the molecule is C=C(C)/C=C\C(N)=O.C=CC.CC.CC.CCN(C)CC1CCCC(/C=C(\N)c2c(F)cccc2F)=C1N. The molecule has 0 aromatic heterocycles. The van der Waals surface area contributed by atoms with E-state index in [0.29, 0.717) is 0 Å². The lowest BCUT2D eigenvalue weighted by Gasteiger charge is -2.28. The number of rotatable bonds is 7. The predicted octanol–water partition coefficient (Wildman–Crippen LogP) is 7.08. The van der Waals surface area contributed by atoms with Gasteiger partial charge in [-0.2, -0.15) is 0 Å². The molecule has 0 aliphatic heterocycles. The molecule has 0 saturated heterocycles. The molecule has 216 valence electrons. The molecular formula is C31H52F2N4O. The summed E-state index contributed by atoms with van der Waals surface area (Å²) in [6.45, 7) is 22.5. The Labute approximate surface area is 230 Å². The highest BCUT2D eigenvalue weighted by atomic mass is 19.1. The van der Waals surface area contributed by atoms with Crippen molar-refractivity contribution < 1.29 is 13.6 Å². The van der Waals surface area contributed by atoms with E-state index >= 15 is 0 Å². The highest BCUT2D eigenvalue weighted by Gasteiger charge is 2.22. The molecule has 1 aromatic rings. The third-order valence-corrected chi connectivity index (χ3v) is 4.99. The largest absolute Gasteiger partial charge is 0.402 e. The molecule has 7 heteroatoms. The van der Waals surface area contributed by atoms with Crippen LogP contribution >= 0.6 is 0 Å². The van der Waals surface area contributed by atoms with Crippen molar-refractivity contribution in [1.29, 1.82) is 0 Å². The topological polar surface area (TPSA) is 98.4 Å². The van der Waals surface area contributed by atoms with Gasteiger partial charge >= 0.3 is 0 Å². The standard InChI is InChI=1S/C18H25F2N3.C6H9NO.C3H6.2C2H6/c1-3-23(2)11-13-7-4-6-12(18(13)22)10-16(21)17-14(19)8-5-9-15(17)20;1-5(2)3-4-6(7)8;1-3-2;2*1-2/h5,8-10,13H,3-4,6-7,11,21-22H2,1-2H3;3-4H,1H2,2H3,(H2,7,8);3H,1H2,2H3;2*1-2H3/b16-10-;4-3-;;;. The van der Waals surface area contributed by atoms with Gasteiger partial charge < -0.3 is 22.1 Å². The van der Waals surface area contributed by atoms with Crippen LogP contribution in [0, 0.1) is 17.6 Å². The third-order valence-electron chi connectivity index (χ3n) is 4.99. The van der Waals surface area contributed by atoms with Gasteiger partial charge in [-0.3, -0.25) is 4.79 Å². The zero-order valence-electron chi connectivity index (χ0n) is 24.9. The molecule has 0 fully saturated rings. The smallest absolute Gasteiger partial charge is 0.241 e. The van der Waals surface area contributed by atoms with Crippen molar-refractivity contribution >= 4 is 11.6 Å². The zero-order chi connectivity index (χ0) is 30.3. The number of hydrogen-bond acceptors (Lipinski definition) is 4. The fraction of sp³-hybridized carbons (Fsp3) is 0.452. The molecule has 5 nitrogen and oxygen atoms in total. The Bertz CT molecular complexity index is 884. The first-order valence-corrected chi connectivity index (χ1v) is 13.3. The minimum absolute atomic E-state index is 0.0862. The first-order chi connectivity index (χ1) is 18.0. The van der Waals surface area contributed by atoms with Gasteiger partial charge in [-0.05, 0) is 70.5 Å². The fourth-order valence-electron chi connectivity index (χ4n) is 3.21. The summed E-state index contributed by atoms with van der Waals surface area (Å²) in [6.07, 6.45) is 9.05. The van der Waals surface area contributed by atoms with Gasteiger partial charge in [0.05, 0.1) is 5.56 Å². The Hall–Kier alpha value is -3.19. The molecule has 6 N–H and O–H groups in total. The Morgan fingerprint density at radius 3 is 2.03 bits per heavy atom. The lowest BCUT2D eigenvalue weighted by molar-refractivity contribution is -0.113. The van der Waals surface area contributed by atoms with Crippen molar-refractivity contribution in [3.8, 4) is 0 Å². The van der Waals surface area contributed by atoms with Crippen molar-refractivity contribution in [2.45, 2.75) is 67.7 Å². The summed E-state index contributed by atoms with van der Waals surface area (Å²) in [5.74, 6) is -1.49. The van der Waals surface area contributed by atoms with Crippen molar-refractivity contribution in [2.75, 3.05) is 20.1 Å².